The van der Waals surface area contributed by atoms with Gasteiger partial charge in [-0.3, -0.25) is 4.79 Å². The Balaban J connectivity index is 2.01. The molecule has 0 amide bonds. The average Bonchev–Trinajstić information content (AvgIpc) is 2.59. The molecule has 25 heavy (non-hydrogen) atoms. The number of esters is 1. The first-order chi connectivity index (χ1) is 11.8. The van der Waals surface area contributed by atoms with Crippen molar-refractivity contribution < 1.29 is 23.1 Å². The molecule has 2 aromatic carbocycles. The van der Waals surface area contributed by atoms with Gasteiger partial charge in [-0.05, 0) is 42.0 Å². The van der Waals surface area contributed by atoms with E-state index in [1.165, 1.54) is 12.1 Å². The summed E-state index contributed by atoms with van der Waals surface area (Å²) in [5.74, 6) is -0.855. The summed E-state index contributed by atoms with van der Waals surface area (Å²) in [6, 6.07) is 11.6. The Morgan fingerprint density at radius 1 is 1.04 bits per heavy atom. The topological polar surface area (TPSA) is 92.7 Å². The summed E-state index contributed by atoms with van der Waals surface area (Å²) in [6.45, 7) is -0.739. The van der Waals surface area contributed by atoms with Crippen molar-refractivity contribution in [1.29, 1.82) is 0 Å². The predicted octanol–water partition coefficient (Wildman–Crippen LogP) is 2.59. The second-order valence-corrected chi connectivity index (χ2v) is 8.59. The molecule has 1 atom stereocenters. The van der Waals surface area contributed by atoms with Crippen molar-refractivity contribution in [2.45, 2.75) is 17.5 Å². The van der Waals surface area contributed by atoms with Crippen molar-refractivity contribution in [1.82, 2.24) is 4.72 Å². The summed E-state index contributed by atoms with van der Waals surface area (Å²) in [7, 11) is -3.96. The third kappa shape index (κ3) is 5.89. The molecule has 0 radical (unpaired) electrons. The molecule has 0 aromatic heterocycles. The SMILES string of the molecule is O=C(OCc1ccc(Br)cc1)C(CO)NS(=O)(=O)c1ccc(Br)cc1. The number of rotatable bonds is 7. The van der Waals surface area contributed by atoms with Gasteiger partial charge in [0.05, 0.1) is 11.5 Å². The van der Waals surface area contributed by atoms with Gasteiger partial charge in [0, 0.05) is 8.95 Å². The van der Waals surface area contributed by atoms with Crippen molar-refractivity contribution in [3.8, 4) is 0 Å². The van der Waals surface area contributed by atoms with Crippen LogP contribution < -0.4 is 4.72 Å². The molecule has 0 saturated carbocycles. The normalized spacial score (nSPS) is 12.6. The molecule has 2 N–H and O–H groups in total. The van der Waals surface area contributed by atoms with Gasteiger partial charge in [0.25, 0.3) is 0 Å². The van der Waals surface area contributed by atoms with Gasteiger partial charge >= 0.3 is 5.97 Å². The molecule has 0 aliphatic carbocycles. The molecule has 0 heterocycles. The van der Waals surface area contributed by atoms with Crippen molar-refractivity contribution in [3.63, 3.8) is 0 Å². The van der Waals surface area contributed by atoms with Crippen molar-refractivity contribution in [2.24, 2.45) is 0 Å². The maximum Gasteiger partial charge on any atom is 0.326 e. The number of benzene rings is 2. The number of nitrogens with one attached hydrogen (secondary N) is 1. The van der Waals surface area contributed by atoms with E-state index < -0.39 is 28.6 Å². The summed E-state index contributed by atoms with van der Waals surface area (Å²) in [4.78, 5) is 12.0. The first-order valence-electron chi connectivity index (χ1n) is 7.11. The Labute approximate surface area is 162 Å². The molecule has 0 aliphatic heterocycles. The van der Waals surface area contributed by atoms with Gasteiger partial charge in [-0.15, -0.1) is 0 Å². The number of ether oxygens (including phenoxy) is 1. The standard InChI is InChI=1S/C16H15Br2NO5S/c17-12-3-1-11(2-4-12)10-24-16(21)15(9-20)19-25(22,23)14-7-5-13(18)6-8-14/h1-8,15,19-20H,9-10H2. The van der Waals surface area contributed by atoms with Gasteiger partial charge in [-0.1, -0.05) is 44.0 Å². The van der Waals surface area contributed by atoms with Crippen LogP contribution in [0.5, 0.6) is 0 Å². The molecule has 0 fully saturated rings. The zero-order valence-electron chi connectivity index (χ0n) is 12.9. The van der Waals surface area contributed by atoms with E-state index in [0.717, 1.165) is 14.5 Å². The molecule has 6 nitrogen and oxygen atoms in total. The number of halogens is 2. The van der Waals surface area contributed by atoms with Crippen LogP contribution in [0.4, 0.5) is 0 Å². The van der Waals surface area contributed by atoms with Crippen LogP contribution in [0.25, 0.3) is 0 Å². The number of hydrogen-bond acceptors (Lipinski definition) is 5. The third-order valence-electron chi connectivity index (χ3n) is 3.18. The first-order valence-corrected chi connectivity index (χ1v) is 10.2. The fraction of sp³-hybridized carbons (Fsp3) is 0.188. The molecule has 2 aromatic rings. The highest BCUT2D eigenvalue weighted by molar-refractivity contribution is 9.10. The van der Waals surface area contributed by atoms with Crippen LogP contribution in [0.15, 0.2) is 62.4 Å². The minimum Gasteiger partial charge on any atom is -0.460 e. The first kappa shape index (κ1) is 20.1. The van der Waals surface area contributed by atoms with Crippen LogP contribution in [0, 0.1) is 0 Å². The lowest BCUT2D eigenvalue weighted by atomic mass is 10.2. The zero-order chi connectivity index (χ0) is 18.4. The number of carbonyl (C=O) groups excluding carboxylic acids is 1. The van der Waals surface area contributed by atoms with Crippen LogP contribution in [0.3, 0.4) is 0 Å². The minimum atomic E-state index is -3.96. The maximum atomic E-state index is 12.3. The lowest BCUT2D eigenvalue weighted by Crippen LogP contribution is -2.44. The van der Waals surface area contributed by atoms with E-state index in [0.29, 0.717) is 0 Å². The quantitative estimate of drug-likeness (QED) is 0.579. The Morgan fingerprint density at radius 2 is 1.56 bits per heavy atom. The molecular formula is C16H15Br2NO5S. The van der Waals surface area contributed by atoms with Crippen LogP contribution >= 0.6 is 31.9 Å². The predicted molar refractivity (Wildman–Crippen MR) is 99.3 cm³/mol. The summed E-state index contributed by atoms with van der Waals surface area (Å²) in [5.41, 5.74) is 0.740. The van der Waals surface area contributed by atoms with E-state index >= 15 is 0 Å². The molecule has 0 saturated heterocycles. The minimum absolute atomic E-state index is 0.0186. The van der Waals surface area contributed by atoms with Crippen molar-refractivity contribution >= 4 is 47.9 Å². The number of aliphatic hydroxyl groups is 1. The Morgan fingerprint density at radius 3 is 2.08 bits per heavy atom. The van der Waals surface area contributed by atoms with Gasteiger partial charge in [0.15, 0.2) is 0 Å². The van der Waals surface area contributed by atoms with Crippen LogP contribution in [0.2, 0.25) is 0 Å². The lowest BCUT2D eigenvalue weighted by Gasteiger charge is -2.16. The Hall–Kier alpha value is -1.26. The van der Waals surface area contributed by atoms with Crippen molar-refractivity contribution in [2.75, 3.05) is 6.61 Å². The van der Waals surface area contributed by atoms with Gasteiger partial charge in [-0.2, -0.15) is 4.72 Å². The average molecular weight is 493 g/mol. The van der Waals surface area contributed by atoms with E-state index in [1.54, 1.807) is 36.4 Å². The van der Waals surface area contributed by atoms with Crippen molar-refractivity contribution in [3.05, 3.63) is 63.0 Å². The monoisotopic (exact) mass is 491 g/mol. The third-order valence-corrected chi connectivity index (χ3v) is 5.73. The van der Waals surface area contributed by atoms with Gasteiger partial charge in [0.2, 0.25) is 10.0 Å². The largest absolute Gasteiger partial charge is 0.460 e. The number of hydrogen-bond donors (Lipinski definition) is 2. The lowest BCUT2D eigenvalue weighted by molar-refractivity contribution is -0.148. The second kappa shape index (κ2) is 8.91. The van der Waals surface area contributed by atoms with Crippen LogP contribution in [-0.2, 0) is 26.2 Å². The molecule has 0 spiro atoms. The maximum absolute atomic E-state index is 12.3. The van der Waals surface area contributed by atoms with E-state index in [1.807, 2.05) is 0 Å². The summed E-state index contributed by atoms with van der Waals surface area (Å²) in [5, 5.41) is 9.34. The molecule has 0 bridgehead atoms. The van der Waals surface area contributed by atoms with Crippen LogP contribution in [-0.4, -0.2) is 32.1 Å². The second-order valence-electron chi connectivity index (χ2n) is 5.04. The molecule has 1 unspecified atom stereocenters. The van der Waals surface area contributed by atoms with E-state index in [9.17, 15) is 18.3 Å². The highest BCUT2D eigenvalue weighted by Gasteiger charge is 2.26. The highest BCUT2D eigenvalue weighted by Crippen LogP contribution is 2.15. The van der Waals surface area contributed by atoms with Gasteiger partial charge in [-0.25, -0.2) is 8.42 Å². The summed E-state index contributed by atoms with van der Waals surface area (Å²) in [6.07, 6.45) is 0. The Bertz CT molecular complexity index is 823. The smallest absolute Gasteiger partial charge is 0.326 e. The highest BCUT2D eigenvalue weighted by atomic mass is 79.9. The zero-order valence-corrected chi connectivity index (χ0v) is 16.8. The number of carbonyl (C=O) groups is 1. The number of sulfonamides is 1. The molecule has 9 heteroatoms. The van der Waals surface area contributed by atoms with Crippen LogP contribution in [0.1, 0.15) is 5.56 Å². The fourth-order valence-electron chi connectivity index (χ4n) is 1.86. The van der Waals surface area contributed by atoms with E-state index in [-0.39, 0.29) is 11.5 Å². The van der Waals surface area contributed by atoms with Gasteiger partial charge in [0.1, 0.15) is 12.6 Å². The Kier molecular flexibility index (Phi) is 7.14. The van der Waals surface area contributed by atoms with E-state index in [4.69, 9.17) is 4.74 Å². The van der Waals surface area contributed by atoms with Gasteiger partial charge < -0.3 is 9.84 Å². The molecule has 2 rings (SSSR count). The molecule has 0 aliphatic rings. The summed E-state index contributed by atoms with van der Waals surface area (Å²) < 4.78 is 33.4. The van der Waals surface area contributed by atoms with E-state index in [2.05, 4.69) is 36.6 Å². The summed E-state index contributed by atoms with van der Waals surface area (Å²) >= 11 is 6.51. The fourth-order valence-corrected chi connectivity index (χ4v) is 3.57. The molecule has 134 valence electrons. The number of aliphatic hydroxyl groups excluding tert-OH is 1. The molecular weight excluding hydrogens is 478 g/mol.